The number of esters is 1. The van der Waals surface area contributed by atoms with Crippen LogP contribution in [0, 0.1) is 5.92 Å². The average Bonchev–Trinajstić information content (AvgIpc) is 2.28. The maximum absolute atomic E-state index is 11.0. The van der Waals surface area contributed by atoms with Crippen LogP contribution in [0.5, 0.6) is 0 Å². The highest BCUT2D eigenvalue weighted by atomic mass is 79.9. The Bertz CT molecular complexity index is 168. The molecular weight excluding hydrogens is 280 g/mol. The molecule has 2 nitrogen and oxygen atoms in total. The minimum Gasteiger partial charge on any atom is -1.00 e. The molecular formula is C14H28BrO2-. The van der Waals surface area contributed by atoms with Crippen LogP contribution in [0.25, 0.3) is 0 Å². The second-order valence-corrected chi connectivity index (χ2v) is 3.96. The summed E-state index contributed by atoms with van der Waals surface area (Å²) in [5, 5.41) is 0. The summed E-state index contributed by atoms with van der Waals surface area (Å²) in [7, 11) is 0. The van der Waals surface area contributed by atoms with Crippen molar-refractivity contribution in [2.24, 2.45) is 5.92 Å². The van der Waals surface area contributed by atoms with Gasteiger partial charge in [-0.3, -0.25) is 4.79 Å². The molecule has 0 fully saturated rings. The molecule has 104 valence electrons. The maximum Gasteiger partial charge on any atom is 0.308 e. The molecule has 0 saturated carbocycles. The van der Waals surface area contributed by atoms with Crippen molar-refractivity contribution in [2.45, 2.75) is 59.8 Å². The zero-order valence-electron chi connectivity index (χ0n) is 11.8. The molecule has 0 radical (unpaired) electrons. The van der Waals surface area contributed by atoms with Gasteiger partial charge in [0.2, 0.25) is 0 Å². The highest BCUT2D eigenvalue weighted by molar-refractivity contribution is 5.71. The van der Waals surface area contributed by atoms with Gasteiger partial charge in [-0.2, -0.15) is 0 Å². The van der Waals surface area contributed by atoms with Gasteiger partial charge in [-0.05, 0) is 6.42 Å². The number of hydrogen-bond donors (Lipinski definition) is 0. The summed E-state index contributed by atoms with van der Waals surface area (Å²) in [6.07, 6.45) is 7.57. The minimum atomic E-state index is -0.119. The minimum absolute atomic E-state index is 0. The van der Waals surface area contributed by atoms with Gasteiger partial charge in [0.05, 0.1) is 5.92 Å². The molecule has 1 unspecified atom stereocenters. The first-order chi connectivity index (χ1) is 7.63. The van der Waals surface area contributed by atoms with E-state index in [4.69, 9.17) is 4.74 Å². The third-order valence-corrected chi connectivity index (χ3v) is 2.17. The van der Waals surface area contributed by atoms with Crippen molar-refractivity contribution in [3.05, 3.63) is 12.7 Å². The van der Waals surface area contributed by atoms with Gasteiger partial charge in [0.25, 0.3) is 0 Å². The van der Waals surface area contributed by atoms with E-state index < -0.39 is 0 Å². The number of ether oxygens (including phenoxy) is 1. The van der Waals surface area contributed by atoms with Crippen LogP contribution in [0.2, 0.25) is 0 Å². The zero-order chi connectivity index (χ0) is 12.8. The molecule has 17 heavy (non-hydrogen) atoms. The van der Waals surface area contributed by atoms with E-state index >= 15 is 0 Å². The van der Waals surface area contributed by atoms with Crippen LogP contribution in [-0.2, 0) is 9.53 Å². The molecule has 0 amide bonds. The SMILES string of the molecule is C=CCOC(=O)C(C)CCC.CCCCC.[Br-]. The molecule has 0 rings (SSSR count). The molecule has 0 aromatic rings. The van der Waals surface area contributed by atoms with E-state index in [1.54, 1.807) is 6.08 Å². The normalized spacial score (nSPS) is 10.4. The Morgan fingerprint density at radius 1 is 1.24 bits per heavy atom. The van der Waals surface area contributed by atoms with E-state index in [-0.39, 0.29) is 28.9 Å². The predicted molar refractivity (Wildman–Crippen MR) is 70.4 cm³/mol. The van der Waals surface area contributed by atoms with E-state index in [0.717, 1.165) is 12.8 Å². The topological polar surface area (TPSA) is 26.3 Å². The standard InChI is InChI=1S/C9H16O2.C5H12.BrH/c1-4-6-8(3)9(10)11-7-5-2;1-3-5-4-2;/h5,8H,2,4,6-7H2,1,3H3;3-5H2,1-2H3;1H/p-1. The van der Waals surface area contributed by atoms with Gasteiger partial charge in [-0.15, -0.1) is 0 Å². The summed E-state index contributed by atoms with van der Waals surface area (Å²) in [6.45, 7) is 12.1. The van der Waals surface area contributed by atoms with Crippen molar-refractivity contribution in [1.82, 2.24) is 0 Å². The third kappa shape index (κ3) is 18.3. The number of hydrogen-bond acceptors (Lipinski definition) is 2. The first-order valence-electron chi connectivity index (χ1n) is 6.41. The molecule has 3 heteroatoms. The van der Waals surface area contributed by atoms with Gasteiger partial charge >= 0.3 is 5.97 Å². The lowest BCUT2D eigenvalue weighted by atomic mass is 10.1. The van der Waals surface area contributed by atoms with Gasteiger partial charge < -0.3 is 21.7 Å². The highest BCUT2D eigenvalue weighted by Crippen LogP contribution is 2.06. The third-order valence-electron chi connectivity index (χ3n) is 2.17. The van der Waals surface area contributed by atoms with Crippen molar-refractivity contribution < 1.29 is 26.5 Å². The molecule has 0 aromatic carbocycles. The predicted octanol–water partition coefficient (Wildman–Crippen LogP) is 1.35. The fourth-order valence-corrected chi connectivity index (χ4v) is 1.19. The van der Waals surface area contributed by atoms with Crippen LogP contribution in [0.4, 0.5) is 0 Å². The second kappa shape index (κ2) is 18.1. The molecule has 1 atom stereocenters. The van der Waals surface area contributed by atoms with Crippen molar-refractivity contribution >= 4 is 5.97 Å². The molecule has 0 aliphatic rings. The Hall–Kier alpha value is -0.310. The molecule has 0 spiro atoms. The Morgan fingerprint density at radius 2 is 1.76 bits per heavy atom. The summed E-state index contributed by atoms with van der Waals surface area (Å²) in [6, 6.07) is 0. The largest absolute Gasteiger partial charge is 1.00 e. The van der Waals surface area contributed by atoms with E-state index in [2.05, 4.69) is 27.4 Å². The number of unbranched alkanes of at least 4 members (excludes halogenated alkanes) is 2. The first-order valence-corrected chi connectivity index (χ1v) is 6.41. The van der Waals surface area contributed by atoms with Gasteiger partial charge in [-0.25, -0.2) is 0 Å². The van der Waals surface area contributed by atoms with Gasteiger partial charge in [0.1, 0.15) is 6.61 Å². The van der Waals surface area contributed by atoms with E-state index in [0.29, 0.717) is 6.61 Å². The van der Waals surface area contributed by atoms with Crippen molar-refractivity contribution in [2.75, 3.05) is 6.61 Å². The summed E-state index contributed by atoms with van der Waals surface area (Å²) >= 11 is 0. The second-order valence-electron chi connectivity index (χ2n) is 3.96. The van der Waals surface area contributed by atoms with Gasteiger partial charge in [0, 0.05) is 0 Å². The monoisotopic (exact) mass is 307 g/mol. The molecule has 0 bridgehead atoms. The smallest absolute Gasteiger partial charge is 0.308 e. The number of carbonyl (C=O) groups excluding carboxylic acids is 1. The summed E-state index contributed by atoms with van der Waals surface area (Å²) in [5.74, 6) is -0.0910. The van der Waals surface area contributed by atoms with E-state index in [1.807, 2.05) is 6.92 Å². The lowest BCUT2D eigenvalue weighted by Crippen LogP contribution is -3.00. The summed E-state index contributed by atoms with van der Waals surface area (Å²) in [4.78, 5) is 11.0. The fraction of sp³-hybridized carbons (Fsp3) is 0.786. The van der Waals surface area contributed by atoms with Crippen LogP contribution < -0.4 is 17.0 Å². The number of carbonyl (C=O) groups is 1. The molecule has 0 N–H and O–H groups in total. The lowest BCUT2D eigenvalue weighted by Gasteiger charge is -2.07. The maximum atomic E-state index is 11.0. The molecule has 0 aliphatic carbocycles. The van der Waals surface area contributed by atoms with Crippen molar-refractivity contribution in [3.8, 4) is 0 Å². The zero-order valence-corrected chi connectivity index (χ0v) is 13.4. The van der Waals surface area contributed by atoms with E-state index in [1.165, 1.54) is 19.3 Å². The Morgan fingerprint density at radius 3 is 2.06 bits per heavy atom. The van der Waals surface area contributed by atoms with Crippen LogP contribution >= 0.6 is 0 Å². The van der Waals surface area contributed by atoms with E-state index in [9.17, 15) is 4.79 Å². The van der Waals surface area contributed by atoms with Crippen LogP contribution in [0.1, 0.15) is 59.8 Å². The number of halogens is 1. The number of rotatable bonds is 7. The highest BCUT2D eigenvalue weighted by Gasteiger charge is 2.11. The van der Waals surface area contributed by atoms with Crippen LogP contribution in [-0.4, -0.2) is 12.6 Å². The molecule has 0 aromatic heterocycles. The van der Waals surface area contributed by atoms with Gasteiger partial charge in [-0.1, -0.05) is 66.0 Å². The Labute approximate surface area is 118 Å². The summed E-state index contributed by atoms with van der Waals surface area (Å²) < 4.78 is 4.85. The average molecular weight is 308 g/mol. The Kier molecular flexibility index (Phi) is 23.3. The molecule has 0 aliphatic heterocycles. The fourth-order valence-electron chi connectivity index (χ4n) is 1.19. The van der Waals surface area contributed by atoms with Crippen molar-refractivity contribution in [3.63, 3.8) is 0 Å². The quantitative estimate of drug-likeness (QED) is 0.524. The molecule has 0 saturated heterocycles. The van der Waals surface area contributed by atoms with Crippen LogP contribution in [0.15, 0.2) is 12.7 Å². The first kappa shape index (κ1) is 21.9. The summed E-state index contributed by atoms with van der Waals surface area (Å²) in [5.41, 5.74) is 0. The Balaban J connectivity index is -0.000000280. The van der Waals surface area contributed by atoms with Crippen molar-refractivity contribution in [1.29, 1.82) is 0 Å². The van der Waals surface area contributed by atoms with Crippen LogP contribution in [0.3, 0.4) is 0 Å². The molecule has 0 heterocycles. The van der Waals surface area contributed by atoms with Gasteiger partial charge in [0.15, 0.2) is 0 Å². The lowest BCUT2D eigenvalue weighted by molar-refractivity contribution is -0.146.